The van der Waals surface area contributed by atoms with Gasteiger partial charge in [0.15, 0.2) is 5.82 Å². The summed E-state index contributed by atoms with van der Waals surface area (Å²) >= 11 is 11.9. The highest BCUT2D eigenvalue weighted by atomic mass is 35.5. The van der Waals surface area contributed by atoms with E-state index in [-0.39, 0.29) is 5.82 Å². The van der Waals surface area contributed by atoms with Crippen molar-refractivity contribution < 1.29 is 9.13 Å². The van der Waals surface area contributed by atoms with Gasteiger partial charge in [0, 0.05) is 24.2 Å². The van der Waals surface area contributed by atoms with Gasteiger partial charge in [0.1, 0.15) is 11.6 Å². The molecular formula is C23H26ClFN4OS. The monoisotopic (exact) mass is 460 g/mol. The lowest BCUT2D eigenvalue weighted by Gasteiger charge is -2.15. The highest BCUT2D eigenvalue weighted by Gasteiger charge is 2.23. The van der Waals surface area contributed by atoms with Gasteiger partial charge >= 0.3 is 0 Å². The molecule has 1 aromatic heterocycles. The summed E-state index contributed by atoms with van der Waals surface area (Å²) in [7, 11) is 3.69. The zero-order valence-electron chi connectivity index (χ0n) is 17.7. The van der Waals surface area contributed by atoms with Gasteiger partial charge in [-0.3, -0.25) is 4.57 Å². The van der Waals surface area contributed by atoms with Gasteiger partial charge in [0.25, 0.3) is 0 Å². The van der Waals surface area contributed by atoms with Crippen LogP contribution in [0.3, 0.4) is 0 Å². The van der Waals surface area contributed by atoms with E-state index in [9.17, 15) is 4.39 Å². The summed E-state index contributed by atoms with van der Waals surface area (Å²) in [6, 6.07) is 11.9. The Balaban J connectivity index is 1.68. The molecule has 2 aromatic carbocycles. The number of halogens is 2. The van der Waals surface area contributed by atoms with Crippen LogP contribution in [-0.2, 0) is 6.54 Å². The quantitative estimate of drug-likeness (QED) is 0.389. The third-order valence-corrected chi connectivity index (χ3v) is 6.15. The van der Waals surface area contributed by atoms with Crippen molar-refractivity contribution in [3.8, 4) is 22.8 Å². The Morgan fingerprint density at radius 2 is 1.97 bits per heavy atom. The van der Waals surface area contributed by atoms with Crippen LogP contribution in [0.1, 0.15) is 19.3 Å². The molecule has 0 unspecified atom stereocenters. The van der Waals surface area contributed by atoms with Gasteiger partial charge in [0.05, 0.1) is 18.4 Å². The minimum atomic E-state index is -0.365. The standard InChI is InChI=1S/C23H26ClFN4OS/c1-27(15-16-4-5-16)12-3-13-28-23(31)29(19-9-6-17(24)7-10-19)22(26-28)20-11-8-18(25)14-21(20)30-2/h6-11,14,16H,3-5,12-13,15H2,1-2H3. The lowest BCUT2D eigenvalue weighted by molar-refractivity contribution is 0.306. The number of rotatable bonds is 9. The van der Waals surface area contributed by atoms with Crippen molar-refractivity contribution in [2.24, 2.45) is 5.92 Å². The SMILES string of the molecule is COc1cc(F)ccc1-c1nn(CCCN(C)CC2CC2)c(=S)n1-c1ccc(Cl)cc1. The number of ether oxygens (including phenoxy) is 1. The summed E-state index contributed by atoms with van der Waals surface area (Å²) in [4.78, 5) is 2.38. The number of hydrogen-bond donors (Lipinski definition) is 0. The fraction of sp³-hybridized carbons (Fsp3) is 0.391. The van der Waals surface area contributed by atoms with Gasteiger partial charge in [-0.05, 0) is 87.4 Å². The van der Waals surface area contributed by atoms with Gasteiger partial charge in [-0.2, -0.15) is 5.10 Å². The van der Waals surface area contributed by atoms with Crippen LogP contribution < -0.4 is 4.74 Å². The average Bonchev–Trinajstić information content (AvgIpc) is 3.51. The first-order valence-electron chi connectivity index (χ1n) is 10.4. The molecule has 1 saturated carbocycles. The molecule has 0 spiro atoms. The summed E-state index contributed by atoms with van der Waals surface area (Å²) in [6.45, 7) is 2.84. The molecular weight excluding hydrogens is 435 g/mol. The molecule has 31 heavy (non-hydrogen) atoms. The van der Waals surface area contributed by atoms with Gasteiger partial charge in [0.2, 0.25) is 4.77 Å². The third-order valence-electron chi connectivity index (χ3n) is 5.51. The predicted molar refractivity (Wildman–Crippen MR) is 124 cm³/mol. The van der Waals surface area contributed by atoms with Crippen LogP contribution in [0, 0.1) is 16.5 Å². The molecule has 8 heteroatoms. The highest BCUT2D eigenvalue weighted by Crippen LogP contribution is 2.32. The van der Waals surface area contributed by atoms with Crippen LogP contribution in [-0.4, -0.2) is 46.5 Å². The summed E-state index contributed by atoms with van der Waals surface area (Å²) in [6.07, 6.45) is 3.64. The van der Waals surface area contributed by atoms with Crippen molar-refractivity contribution >= 4 is 23.8 Å². The molecule has 1 fully saturated rings. The van der Waals surface area contributed by atoms with E-state index in [0.29, 0.717) is 33.5 Å². The molecule has 0 bridgehead atoms. The fourth-order valence-corrected chi connectivity index (χ4v) is 4.17. The lowest BCUT2D eigenvalue weighted by Crippen LogP contribution is -2.23. The Morgan fingerprint density at radius 1 is 1.23 bits per heavy atom. The maximum absolute atomic E-state index is 13.8. The number of aryl methyl sites for hydroxylation is 1. The molecule has 0 aliphatic heterocycles. The topological polar surface area (TPSA) is 35.2 Å². The molecule has 5 nitrogen and oxygen atoms in total. The predicted octanol–water partition coefficient (Wildman–Crippen LogP) is 5.60. The van der Waals surface area contributed by atoms with Gasteiger partial charge in [-0.1, -0.05) is 11.6 Å². The molecule has 0 atom stereocenters. The van der Waals surface area contributed by atoms with Crippen molar-refractivity contribution in [3.63, 3.8) is 0 Å². The summed E-state index contributed by atoms with van der Waals surface area (Å²) in [5.41, 5.74) is 1.52. The summed E-state index contributed by atoms with van der Waals surface area (Å²) < 4.78 is 23.5. The van der Waals surface area contributed by atoms with E-state index in [1.165, 1.54) is 32.1 Å². The van der Waals surface area contributed by atoms with Gasteiger partial charge in [-0.25, -0.2) is 9.07 Å². The Labute approximate surface area is 192 Å². The maximum Gasteiger partial charge on any atom is 0.202 e. The second kappa shape index (κ2) is 9.51. The molecule has 164 valence electrons. The Morgan fingerprint density at radius 3 is 2.65 bits per heavy atom. The second-order valence-corrected chi connectivity index (χ2v) is 8.85. The van der Waals surface area contributed by atoms with Crippen molar-refractivity contribution in [1.82, 2.24) is 19.2 Å². The summed E-state index contributed by atoms with van der Waals surface area (Å²) in [5.74, 6) is 1.52. The van der Waals surface area contributed by atoms with E-state index in [4.69, 9.17) is 33.7 Å². The third kappa shape index (κ3) is 5.17. The van der Waals surface area contributed by atoms with Crippen LogP contribution in [0.25, 0.3) is 17.1 Å². The van der Waals surface area contributed by atoms with Crippen LogP contribution in [0.15, 0.2) is 42.5 Å². The minimum Gasteiger partial charge on any atom is -0.496 e. The van der Waals surface area contributed by atoms with Crippen molar-refractivity contribution in [3.05, 3.63) is 58.1 Å². The Hall–Kier alpha value is -2.22. The van der Waals surface area contributed by atoms with E-state index in [1.807, 2.05) is 33.5 Å². The smallest absolute Gasteiger partial charge is 0.202 e. The van der Waals surface area contributed by atoms with Crippen LogP contribution in [0.4, 0.5) is 4.39 Å². The number of nitrogens with zero attached hydrogens (tertiary/aromatic N) is 4. The molecule has 0 N–H and O–H groups in total. The van der Waals surface area contributed by atoms with Crippen molar-refractivity contribution in [2.45, 2.75) is 25.8 Å². The van der Waals surface area contributed by atoms with E-state index in [2.05, 4.69) is 11.9 Å². The minimum absolute atomic E-state index is 0.365. The van der Waals surface area contributed by atoms with Crippen LogP contribution >= 0.6 is 23.8 Å². The maximum atomic E-state index is 13.8. The largest absolute Gasteiger partial charge is 0.496 e. The molecule has 1 aliphatic rings. The average molecular weight is 461 g/mol. The Bertz CT molecular complexity index is 1110. The first-order chi connectivity index (χ1) is 15.0. The molecule has 0 saturated heterocycles. The number of aromatic nitrogens is 3. The number of methoxy groups -OCH3 is 1. The normalized spacial score (nSPS) is 13.7. The lowest BCUT2D eigenvalue weighted by atomic mass is 10.1. The zero-order valence-corrected chi connectivity index (χ0v) is 19.3. The van der Waals surface area contributed by atoms with Crippen LogP contribution in [0.5, 0.6) is 5.75 Å². The molecule has 0 amide bonds. The number of hydrogen-bond acceptors (Lipinski definition) is 4. The van der Waals surface area contributed by atoms with E-state index in [1.54, 1.807) is 6.07 Å². The first-order valence-corrected chi connectivity index (χ1v) is 11.2. The van der Waals surface area contributed by atoms with E-state index in [0.717, 1.165) is 31.1 Å². The second-order valence-electron chi connectivity index (χ2n) is 8.04. The molecule has 1 heterocycles. The van der Waals surface area contributed by atoms with Crippen molar-refractivity contribution in [2.75, 3.05) is 27.2 Å². The van der Waals surface area contributed by atoms with Crippen molar-refractivity contribution in [1.29, 1.82) is 0 Å². The van der Waals surface area contributed by atoms with E-state index < -0.39 is 0 Å². The Kier molecular flexibility index (Phi) is 6.74. The molecule has 0 radical (unpaired) electrons. The van der Waals surface area contributed by atoms with Gasteiger partial charge in [-0.15, -0.1) is 0 Å². The summed E-state index contributed by atoms with van der Waals surface area (Å²) in [5, 5.41) is 5.45. The molecule has 1 aliphatic carbocycles. The highest BCUT2D eigenvalue weighted by molar-refractivity contribution is 7.71. The molecule has 4 rings (SSSR count). The first kappa shape index (κ1) is 22.0. The zero-order chi connectivity index (χ0) is 22.0. The van der Waals surface area contributed by atoms with E-state index >= 15 is 0 Å². The fourth-order valence-electron chi connectivity index (χ4n) is 3.72. The van der Waals surface area contributed by atoms with Gasteiger partial charge < -0.3 is 9.64 Å². The number of benzene rings is 2. The molecule has 3 aromatic rings. The van der Waals surface area contributed by atoms with Crippen LogP contribution in [0.2, 0.25) is 5.02 Å².